The summed E-state index contributed by atoms with van der Waals surface area (Å²) in [6.07, 6.45) is 4.36. The Balaban J connectivity index is 1.11. The van der Waals surface area contributed by atoms with Crippen LogP contribution in [0.3, 0.4) is 0 Å². The van der Waals surface area contributed by atoms with Crippen molar-refractivity contribution in [2.24, 2.45) is 5.92 Å². The number of fused-ring (bicyclic) bond motifs is 2. The lowest BCUT2D eigenvalue weighted by molar-refractivity contribution is 0.166. The van der Waals surface area contributed by atoms with Gasteiger partial charge in [-0.1, -0.05) is 36.4 Å². The van der Waals surface area contributed by atoms with Crippen LogP contribution >= 0.6 is 0 Å². The van der Waals surface area contributed by atoms with Crippen LogP contribution in [0, 0.1) is 11.7 Å². The Kier molecular flexibility index (Phi) is 5.60. The van der Waals surface area contributed by atoms with E-state index in [1.165, 1.54) is 52.1 Å². The molecule has 0 atom stereocenters. The number of aromatic nitrogens is 1. The molecular weight excluding hydrogens is 391 g/mol. The molecule has 160 valence electrons. The van der Waals surface area contributed by atoms with Crippen LogP contribution in [0.2, 0.25) is 0 Å². The maximum atomic E-state index is 13.3. The number of likely N-dealkylation sites (tertiary alicyclic amines) is 1. The SMILES string of the molecule is O=c1c2ccc(F)cc2on1CCCC1CCN(Cc2ccc3ccccc3c2)CC1. The van der Waals surface area contributed by atoms with Crippen molar-refractivity contribution < 1.29 is 8.91 Å². The topological polar surface area (TPSA) is 38.4 Å². The summed E-state index contributed by atoms with van der Waals surface area (Å²) in [5.74, 6) is 0.300. The van der Waals surface area contributed by atoms with Crippen LogP contribution in [0.4, 0.5) is 4.39 Å². The Morgan fingerprint density at radius 2 is 1.77 bits per heavy atom. The van der Waals surface area contributed by atoms with Gasteiger partial charge in [-0.3, -0.25) is 9.69 Å². The summed E-state index contributed by atoms with van der Waals surface area (Å²) in [4.78, 5) is 14.9. The molecule has 5 heteroatoms. The molecule has 4 nitrogen and oxygen atoms in total. The molecule has 0 N–H and O–H groups in total. The number of halogens is 1. The molecule has 0 saturated carbocycles. The number of nitrogens with zero attached hydrogens (tertiary/aromatic N) is 2. The molecule has 31 heavy (non-hydrogen) atoms. The Bertz CT molecular complexity index is 1250. The maximum absolute atomic E-state index is 13.3. The first-order chi connectivity index (χ1) is 15.2. The lowest BCUT2D eigenvalue weighted by Gasteiger charge is -2.32. The zero-order valence-corrected chi connectivity index (χ0v) is 17.6. The van der Waals surface area contributed by atoms with Crippen LogP contribution in [0.15, 0.2) is 70.0 Å². The highest BCUT2D eigenvalue weighted by atomic mass is 19.1. The van der Waals surface area contributed by atoms with Gasteiger partial charge in [-0.05, 0) is 79.2 Å². The van der Waals surface area contributed by atoms with Crippen molar-refractivity contribution in [1.29, 1.82) is 0 Å². The van der Waals surface area contributed by atoms with Crippen molar-refractivity contribution in [2.75, 3.05) is 13.1 Å². The molecule has 1 aliphatic heterocycles. The summed E-state index contributed by atoms with van der Waals surface area (Å²) >= 11 is 0. The van der Waals surface area contributed by atoms with Gasteiger partial charge in [0.15, 0.2) is 5.58 Å². The Hall–Kier alpha value is -2.92. The quantitative estimate of drug-likeness (QED) is 0.410. The first-order valence-electron chi connectivity index (χ1n) is 11.2. The number of benzene rings is 3. The van der Waals surface area contributed by atoms with E-state index in [-0.39, 0.29) is 11.4 Å². The van der Waals surface area contributed by atoms with Gasteiger partial charge in [0.05, 0.1) is 11.9 Å². The smallest absolute Gasteiger partial charge is 0.290 e. The van der Waals surface area contributed by atoms with Gasteiger partial charge in [0.25, 0.3) is 5.56 Å². The van der Waals surface area contributed by atoms with Crippen molar-refractivity contribution in [3.05, 3.63) is 82.4 Å². The third-order valence-corrected chi connectivity index (χ3v) is 6.51. The van der Waals surface area contributed by atoms with Crippen LogP contribution in [0.1, 0.15) is 31.2 Å². The summed E-state index contributed by atoms with van der Waals surface area (Å²) in [6.45, 7) is 3.78. The second-order valence-corrected chi connectivity index (χ2v) is 8.68. The minimum Gasteiger partial charge on any atom is -0.376 e. The standard InChI is InChI=1S/C26H27FN2O2/c27-23-9-10-24-25(17-23)31-29(26(24)30)13-3-4-19-11-14-28(15-12-19)18-20-7-8-21-5-1-2-6-22(21)16-20/h1-2,5-10,16-17,19H,3-4,11-15,18H2. The number of aryl methyl sites for hydroxylation is 1. The van der Waals surface area contributed by atoms with E-state index in [9.17, 15) is 9.18 Å². The second-order valence-electron chi connectivity index (χ2n) is 8.68. The largest absolute Gasteiger partial charge is 0.376 e. The highest BCUT2D eigenvalue weighted by Gasteiger charge is 2.19. The van der Waals surface area contributed by atoms with E-state index >= 15 is 0 Å². The minimum atomic E-state index is -0.385. The fourth-order valence-electron chi connectivity index (χ4n) is 4.74. The van der Waals surface area contributed by atoms with Gasteiger partial charge >= 0.3 is 0 Å². The van der Waals surface area contributed by atoms with Crippen LogP contribution in [-0.4, -0.2) is 22.7 Å². The summed E-state index contributed by atoms with van der Waals surface area (Å²) in [7, 11) is 0. The molecule has 3 aromatic carbocycles. The maximum Gasteiger partial charge on any atom is 0.290 e. The van der Waals surface area contributed by atoms with Crippen LogP contribution in [0.5, 0.6) is 0 Å². The van der Waals surface area contributed by atoms with Gasteiger partial charge in [0.1, 0.15) is 5.82 Å². The predicted octanol–water partition coefficient (Wildman–Crippen LogP) is 5.58. The van der Waals surface area contributed by atoms with E-state index in [0.717, 1.165) is 32.5 Å². The van der Waals surface area contributed by atoms with Crippen molar-refractivity contribution in [1.82, 2.24) is 9.64 Å². The summed E-state index contributed by atoms with van der Waals surface area (Å²) in [5.41, 5.74) is 1.53. The van der Waals surface area contributed by atoms with Crippen molar-refractivity contribution >= 4 is 21.7 Å². The Labute approximate surface area is 180 Å². The molecule has 0 radical (unpaired) electrons. The average Bonchev–Trinajstić information content (AvgIpc) is 3.09. The van der Waals surface area contributed by atoms with Crippen molar-refractivity contribution in [3.63, 3.8) is 0 Å². The molecule has 1 fully saturated rings. The number of hydrogen-bond donors (Lipinski definition) is 0. The highest BCUT2D eigenvalue weighted by Crippen LogP contribution is 2.24. The monoisotopic (exact) mass is 418 g/mol. The molecule has 1 saturated heterocycles. The van der Waals surface area contributed by atoms with Crippen LogP contribution in [-0.2, 0) is 13.1 Å². The molecule has 5 rings (SSSR count). The summed E-state index contributed by atoms with van der Waals surface area (Å²) in [5, 5.41) is 3.04. The third-order valence-electron chi connectivity index (χ3n) is 6.51. The predicted molar refractivity (Wildman–Crippen MR) is 122 cm³/mol. The molecule has 0 aliphatic carbocycles. The zero-order chi connectivity index (χ0) is 21.2. The highest BCUT2D eigenvalue weighted by molar-refractivity contribution is 5.83. The molecule has 1 aliphatic rings. The zero-order valence-electron chi connectivity index (χ0n) is 17.6. The molecule has 0 amide bonds. The normalized spacial score (nSPS) is 15.8. The fraction of sp³-hybridized carbons (Fsp3) is 0.346. The Morgan fingerprint density at radius 3 is 2.61 bits per heavy atom. The first kappa shape index (κ1) is 20.0. The van der Waals surface area contributed by atoms with Gasteiger partial charge in [-0.2, -0.15) is 4.74 Å². The van der Waals surface area contributed by atoms with E-state index in [1.807, 2.05) is 0 Å². The van der Waals surface area contributed by atoms with Gasteiger partial charge in [0.2, 0.25) is 0 Å². The molecule has 0 unspecified atom stereocenters. The Morgan fingerprint density at radius 1 is 0.968 bits per heavy atom. The minimum absolute atomic E-state index is 0.166. The van der Waals surface area contributed by atoms with Crippen LogP contribution in [0.25, 0.3) is 21.7 Å². The molecule has 0 spiro atoms. The van der Waals surface area contributed by atoms with Gasteiger partial charge in [-0.25, -0.2) is 4.39 Å². The fourth-order valence-corrected chi connectivity index (χ4v) is 4.74. The lowest BCUT2D eigenvalue weighted by Crippen LogP contribution is -2.33. The number of piperidine rings is 1. The molecule has 0 bridgehead atoms. The van der Waals surface area contributed by atoms with Crippen molar-refractivity contribution in [2.45, 2.75) is 38.8 Å². The van der Waals surface area contributed by atoms with Crippen molar-refractivity contribution in [3.8, 4) is 0 Å². The van der Waals surface area contributed by atoms with E-state index in [0.29, 0.717) is 23.4 Å². The van der Waals surface area contributed by atoms with E-state index in [4.69, 9.17) is 4.52 Å². The van der Waals surface area contributed by atoms with E-state index in [2.05, 4.69) is 47.4 Å². The van der Waals surface area contributed by atoms with Gasteiger partial charge < -0.3 is 4.52 Å². The average molecular weight is 419 g/mol. The molecule has 1 aromatic heterocycles. The number of hydrogen-bond acceptors (Lipinski definition) is 3. The number of rotatable bonds is 6. The van der Waals surface area contributed by atoms with Gasteiger partial charge in [0, 0.05) is 12.6 Å². The van der Waals surface area contributed by atoms with Gasteiger partial charge in [-0.15, -0.1) is 0 Å². The summed E-state index contributed by atoms with van der Waals surface area (Å²) < 4.78 is 20.2. The summed E-state index contributed by atoms with van der Waals surface area (Å²) in [6, 6.07) is 19.3. The third kappa shape index (κ3) is 4.42. The molecular formula is C26H27FN2O2. The second kappa shape index (κ2) is 8.67. The first-order valence-corrected chi connectivity index (χ1v) is 11.2. The van der Waals surface area contributed by atoms with Crippen LogP contribution < -0.4 is 5.56 Å². The van der Waals surface area contributed by atoms with E-state index in [1.54, 1.807) is 0 Å². The van der Waals surface area contributed by atoms with E-state index < -0.39 is 0 Å². The lowest BCUT2D eigenvalue weighted by atomic mass is 9.92. The molecule has 4 aromatic rings. The molecule has 2 heterocycles.